The molecule has 1 aromatic carbocycles. The number of piperidine rings is 1. The highest BCUT2D eigenvalue weighted by molar-refractivity contribution is 6.24. The second-order valence-corrected chi connectivity index (χ2v) is 7.40. The van der Waals surface area contributed by atoms with Crippen LogP contribution in [0, 0.1) is 0 Å². The van der Waals surface area contributed by atoms with Gasteiger partial charge in [0.2, 0.25) is 5.91 Å². The van der Waals surface area contributed by atoms with Crippen molar-refractivity contribution in [2.75, 3.05) is 0 Å². The highest BCUT2D eigenvalue weighted by atomic mass is 16.2. The van der Waals surface area contributed by atoms with E-state index in [1.807, 2.05) is 0 Å². The first-order chi connectivity index (χ1) is 14.3. The summed E-state index contributed by atoms with van der Waals surface area (Å²) in [5.74, 6) is -2.56. The fourth-order valence-electron chi connectivity index (χ4n) is 3.64. The summed E-state index contributed by atoms with van der Waals surface area (Å²) in [6, 6.07) is 7.86. The van der Waals surface area contributed by atoms with E-state index < -0.39 is 29.2 Å². The third-order valence-corrected chi connectivity index (χ3v) is 5.42. The predicted molar refractivity (Wildman–Crippen MR) is 103 cm³/mol. The van der Waals surface area contributed by atoms with Crippen LogP contribution in [0.15, 0.2) is 42.7 Å². The minimum atomic E-state index is -1.43. The molecule has 1 saturated heterocycles. The number of carbonyl (C=O) groups excluding carboxylic acids is 5. The van der Waals surface area contributed by atoms with Crippen molar-refractivity contribution in [3.8, 4) is 0 Å². The molecule has 1 atom stereocenters. The zero-order valence-electron chi connectivity index (χ0n) is 16.1. The molecule has 2 N–H and O–H groups in total. The van der Waals surface area contributed by atoms with Gasteiger partial charge >= 0.3 is 0 Å². The summed E-state index contributed by atoms with van der Waals surface area (Å²) in [6.45, 7) is 1.63. The molecule has 4 rings (SSSR count). The third-order valence-electron chi connectivity index (χ3n) is 5.42. The Bertz CT molecular complexity index is 1100. The Kier molecular flexibility index (Phi) is 4.65. The lowest BCUT2D eigenvalue weighted by molar-refractivity contribution is -0.140. The summed E-state index contributed by atoms with van der Waals surface area (Å²) < 4.78 is 0. The van der Waals surface area contributed by atoms with E-state index in [0.717, 1.165) is 4.90 Å². The van der Waals surface area contributed by atoms with Crippen LogP contribution in [0.25, 0.3) is 0 Å². The Labute approximate surface area is 171 Å². The van der Waals surface area contributed by atoms with Crippen LogP contribution in [0.2, 0.25) is 0 Å². The van der Waals surface area contributed by atoms with Crippen molar-refractivity contribution in [3.05, 3.63) is 65.0 Å². The molecule has 30 heavy (non-hydrogen) atoms. The van der Waals surface area contributed by atoms with Crippen molar-refractivity contribution >= 4 is 29.5 Å². The van der Waals surface area contributed by atoms with Crippen LogP contribution in [0.3, 0.4) is 0 Å². The van der Waals surface area contributed by atoms with Crippen molar-refractivity contribution in [2.45, 2.75) is 31.8 Å². The molecular formula is C21H18N4O5. The summed E-state index contributed by atoms with van der Waals surface area (Å²) >= 11 is 0. The van der Waals surface area contributed by atoms with E-state index in [0.29, 0.717) is 11.1 Å². The summed E-state index contributed by atoms with van der Waals surface area (Å²) in [5.41, 5.74) is 0.00951. The summed E-state index contributed by atoms with van der Waals surface area (Å²) in [5, 5.41) is 4.95. The molecule has 1 aromatic heterocycles. The molecule has 1 fully saturated rings. The number of nitrogens with zero attached hydrogens (tertiary/aromatic N) is 2. The molecule has 2 aliphatic heterocycles. The molecule has 0 radical (unpaired) electrons. The van der Waals surface area contributed by atoms with E-state index in [1.165, 1.54) is 31.5 Å². The number of aromatic nitrogens is 1. The van der Waals surface area contributed by atoms with E-state index in [4.69, 9.17) is 0 Å². The van der Waals surface area contributed by atoms with Gasteiger partial charge in [-0.3, -0.25) is 39.2 Å². The maximum atomic E-state index is 13.0. The number of amides is 5. The first-order valence-corrected chi connectivity index (χ1v) is 9.35. The lowest BCUT2D eigenvalue weighted by Crippen LogP contribution is -2.62. The summed E-state index contributed by atoms with van der Waals surface area (Å²) in [4.78, 5) is 66.7. The van der Waals surface area contributed by atoms with E-state index >= 15 is 0 Å². The molecule has 0 aliphatic carbocycles. The minimum Gasteiger partial charge on any atom is -0.348 e. The van der Waals surface area contributed by atoms with Gasteiger partial charge in [-0.2, -0.15) is 0 Å². The SMILES string of the molecule is CC1(N2C(=O)c3ccc(CNC(=O)c4ccncc4)cc3C2=O)CCC(=O)NC1=O. The quantitative estimate of drug-likeness (QED) is 0.724. The van der Waals surface area contributed by atoms with Gasteiger partial charge in [0.15, 0.2) is 0 Å². The normalized spacial score (nSPS) is 20.8. The summed E-state index contributed by atoms with van der Waals surface area (Å²) in [6.07, 6.45) is 3.14. The molecule has 2 aliphatic rings. The maximum Gasteiger partial charge on any atom is 0.262 e. The van der Waals surface area contributed by atoms with E-state index in [-0.39, 0.29) is 36.4 Å². The second-order valence-electron chi connectivity index (χ2n) is 7.40. The number of imide groups is 2. The van der Waals surface area contributed by atoms with Gasteiger partial charge in [-0.05, 0) is 43.2 Å². The van der Waals surface area contributed by atoms with Gasteiger partial charge in [0.1, 0.15) is 5.54 Å². The van der Waals surface area contributed by atoms with Crippen molar-refractivity contribution in [1.29, 1.82) is 0 Å². The van der Waals surface area contributed by atoms with Gasteiger partial charge < -0.3 is 5.32 Å². The third kappa shape index (κ3) is 3.14. The molecule has 2 aromatic rings. The van der Waals surface area contributed by atoms with Crippen LogP contribution in [-0.4, -0.2) is 45.0 Å². The van der Waals surface area contributed by atoms with Crippen LogP contribution in [0.5, 0.6) is 0 Å². The van der Waals surface area contributed by atoms with E-state index in [9.17, 15) is 24.0 Å². The average molecular weight is 406 g/mol. The van der Waals surface area contributed by atoms with Gasteiger partial charge in [-0.25, -0.2) is 0 Å². The Hall–Kier alpha value is -3.88. The zero-order chi connectivity index (χ0) is 21.5. The number of hydrogen-bond donors (Lipinski definition) is 2. The lowest BCUT2D eigenvalue weighted by atomic mass is 9.89. The molecule has 1 unspecified atom stereocenters. The molecule has 0 saturated carbocycles. The average Bonchev–Trinajstić information content (AvgIpc) is 3.00. The van der Waals surface area contributed by atoms with Crippen molar-refractivity contribution in [1.82, 2.24) is 20.5 Å². The predicted octanol–water partition coefficient (Wildman–Crippen LogP) is 0.803. The highest BCUT2D eigenvalue weighted by Gasteiger charge is 2.52. The van der Waals surface area contributed by atoms with Crippen molar-refractivity contribution in [2.24, 2.45) is 0 Å². The molecule has 152 valence electrons. The first kappa shape index (κ1) is 19.4. The van der Waals surface area contributed by atoms with Crippen molar-refractivity contribution < 1.29 is 24.0 Å². The van der Waals surface area contributed by atoms with Gasteiger partial charge in [0.25, 0.3) is 23.6 Å². The number of rotatable bonds is 4. The van der Waals surface area contributed by atoms with E-state index in [1.54, 1.807) is 18.2 Å². The van der Waals surface area contributed by atoms with Crippen LogP contribution in [0.1, 0.15) is 56.4 Å². The molecule has 9 nitrogen and oxygen atoms in total. The van der Waals surface area contributed by atoms with E-state index in [2.05, 4.69) is 15.6 Å². The summed E-state index contributed by atoms with van der Waals surface area (Å²) in [7, 11) is 0. The fourth-order valence-corrected chi connectivity index (χ4v) is 3.64. The molecule has 0 bridgehead atoms. The zero-order valence-corrected chi connectivity index (χ0v) is 16.1. The second kappa shape index (κ2) is 7.18. The van der Waals surface area contributed by atoms with Gasteiger partial charge in [-0.1, -0.05) is 6.07 Å². The van der Waals surface area contributed by atoms with Gasteiger partial charge in [0, 0.05) is 30.9 Å². The minimum absolute atomic E-state index is 0.0436. The van der Waals surface area contributed by atoms with Crippen LogP contribution in [-0.2, 0) is 16.1 Å². The number of hydrogen-bond acceptors (Lipinski definition) is 6. The molecular weight excluding hydrogens is 388 g/mol. The standard InChI is InChI=1S/C21H18N4O5/c1-21(7-4-16(26)24-20(21)30)25-18(28)14-3-2-12(10-15(14)19(25)29)11-23-17(27)13-5-8-22-9-6-13/h2-3,5-6,8-10H,4,7,11H2,1H3,(H,23,27)(H,24,26,30). The van der Waals surface area contributed by atoms with Crippen molar-refractivity contribution in [3.63, 3.8) is 0 Å². The van der Waals surface area contributed by atoms with Gasteiger partial charge in [-0.15, -0.1) is 0 Å². The van der Waals surface area contributed by atoms with Crippen LogP contribution >= 0.6 is 0 Å². The molecule has 3 heterocycles. The maximum absolute atomic E-state index is 13.0. The lowest BCUT2D eigenvalue weighted by Gasteiger charge is -2.38. The first-order valence-electron chi connectivity index (χ1n) is 9.35. The topological polar surface area (TPSA) is 126 Å². The molecule has 9 heteroatoms. The van der Waals surface area contributed by atoms with Crippen LogP contribution < -0.4 is 10.6 Å². The number of carbonyl (C=O) groups is 5. The largest absolute Gasteiger partial charge is 0.348 e. The fraction of sp³-hybridized carbons (Fsp3) is 0.238. The Morgan fingerprint density at radius 3 is 2.50 bits per heavy atom. The Morgan fingerprint density at radius 1 is 1.10 bits per heavy atom. The highest BCUT2D eigenvalue weighted by Crippen LogP contribution is 2.34. The molecule has 5 amide bonds. The Balaban J connectivity index is 1.54. The van der Waals surface area contributed by atoms with Gasteiger partial charge in [0.05, 0.1) is 11.1 Å². The number of nitrogens with one attached hydrogen (secondary N) is 2. The number of fused-ring (bicyclic) bond motifs is 1. The van der Waals surface area contributed by atoms with Crippen LogP contribution in [0.4, 0.5) is 0 Å². The number of benzene rings is 1. The Morgan fingerprint density at radius 2 is 1.80 bits per heavy atom. The smallest absolute Gasteiger partial charge is 0.262 e. The monoisotopic (exact) mass is 406 g/mol. The number of pyridine rings is 1. The molecule has 0 spiro atoms.